The predicted molar refractivity (Wildman–Crippen MR) is 78.0 cm³/mol. The van der Waals surface area contributed by atoms with Gasteiger partial charge in [-0.15, -0.1) is 0 Å². The van der Waals surface area contributed by atoms with Crippen LogP contribution in [-0.4, -0.2) is 27.8 Å². The van der Waals surface area contributed by atoms with E-state index in [1.165, 1.54) is 13.4 Å². The number of ether oxygens (including phenoxy) is 1. The van der Waals surface area contributed by atoms with Crippen molar-refractivity contribution in [3.8, 4) is 0 Å². The van der Waals surface area contributed by atoms with Gasteiger partial charge in [-0.3, -0.25) is 0 Å². The summed E-state index contributed by atoms with van der Waals surface area (Å²) in [6.07, 6.45) is 1.43. The third-order valence-corrected chi connectivity index (χ3v) is 3.74. The van der Waals surface area contributed by atoms with Crippen molar-refractivity contribution in [2.75, 3.05) is 12.4 Å². The minimum atomic E-state index is -0.468. The number of rotatable bonds is 2. The molecule has 2 heterocycles. The number of hydrogen-bond acceptors (Lipinski definition) is 5. The zero-order chi connectivity index (χ0) is 15.0. The first-order valence-electron chi connectivity index (χ1n) is 6.33. The van der Waals surface area contributed by atoms with Gasteiger partial charge in [-0.25, -0.2) is 9.48 Å². The SMILES string of the molecule is COC(=O)C1=C(C)Nc2ncnn2C1c1ccccc1Cl. The smallest absolute Gasteiger partial charge is 0.338 e. The molecule has 1 aromatic heterocycles. The van der Waals surface area contributed by atoms with E-state index < -0.39 is 12.0 Å². The summed E-state index contributed by atoms with van der Waals surface area (Å²) < 4.78 is 6.53. The molecule has 0 radical (unpaired) electrons. The number of methoxy groups -OCH3 is 1. The van der Waals surface area contributed by atoms with Gasteiger partial charge in [0, 0.05) is 16.3 Å². The number of halogens is 1. The first kappa shape index (κ1) is 13.6. The van der Waals surface area contributed by atoms with Crippen LogP contribution in [-0.2, 0) is 9.53 Å². The van der Waals surface area contributed by atoms with E-state index >= 15 is 0 Å². The van der Waals surface area contributed by atoms with Gasteiger partial charge in [0.05, 0.1) is 12.7 Å². The molecule has 0 amide bonds. The molecule has 1 aliphatic heterocycles. The van der Waals surface area contributed by atoms with Crippen LogP contribution in [0, 0.1) is 0 Å². The number of anilines is 1. The number of carbonyl (C=O) groups excluding carboxylic acids is 1. The van der Waals surface area contributed by atoms with Crippen molar-refractivity contribution in [2.45, 2.75) is 13.0 Å². The van der Waals surface area contributed by atoms with Gasteiger partial charge in [0.2, 0.25) is 5.95 Å². The van der Waals surface area contributed by atoms with Crippen LogP contribution in [0.5, 0.6) is 0 Å². The molecule has 3 rings (SSSR count). The Morgan fingerprint density at radius 2 is 2.19 bits per heavy atom. The monoisotopic (exact) mass is 304 g/mol. The molecular weight excluding hydrogens is 292 g/mol. The maximum absolute atomic E-state index is 12.2. The highest BCUT2D eigenvalue weighted by Gasteiger charge is 2.34. The lowest BCUT2D eigenvalue weighted by molar-refractivity contribution is -0.136. The van der Waals surface area contributed by atoms with Crippen LogP contribution in [0.1, 0.15) is 18.5 Å². The van der Waals surface area contributed by atoms with Crippen LogP contribution in [0.2, 0.25) is 5.02 Å². The number of allylic oxidation sites excluding steroid dienone is 1. The summed E-state index contributed by atoms with van der Waals surface area (Å²) in [7, 11) is 1.35. The summed E-state index contributed by atoms with van der Waals surface area (Å²) in [6, 6.07) is 6.87. The Morgan fingerprint density at radius 3 is 2.90 bits per heavy atom. The molecule has 108 valence electrons. The molecule has 1 unspecified atom stereocenters. The van der Waals surface area contributed by atoms with Crippen molar-refractivity contribution in [3.63, 3.8) is 0 Å². The maximum Gasteiger partial charge on any atom is 0.338 e. The normalized spacial score (nSPS) is 17.2. The number of aromatic nitrogens is 3. The van der Waals surface area contributed by atoms with Crippen molar-refractivity contribution < 1.29 is 9.53 Å². The quantitative estimate of drug-likeness (QED) is 0.863. The van der Waals surface area contributed by atoms with E-state index in [2.05, 4.69) is 15.4 Å². The molecule has 0 saturated heterocycles. The number of benzene rings is 1. The number of nitrogens with zero attached hydrogens (tertiary/aromatic N) is 3. The molecule has 0 spiro atoms. The van der Waals surface area contributed by atoms with Crippen molar-refractivity contribution in [1.29, 1.82) is 0 Å². The Morgan fingerprint density at radius 1 is 1.43 bits per heavy atom. The first-order chi connectivity index (χ1) is 10.1. The number of carbonyl (C=O) groups is 1. The first-order valence-corrected chi connectivity index (χ1v) is 6.71. The minimum Gasteiger partial charge on any atom is -0.466 e. The van der Waals surface area contributed by atoms with Crippen molar-refractivity contribution >= 4 is 23.5 Å². The molecular formula is C14H13ClN4O2. The predicted octanol–water partition coefficient (Wildman–Crippen LogP) is 2.39. The highest BCUT2D eigenvalue weighted by Crippen LogP contribution is 2.37. The van der Waals surface area contributed by atoms with Gasteiger partial charge in [-0.05, 0) is 13.0 Å². The van der Waals surface area contributed by atoms with Gasteiger partial charge in [0.1, 0.15) is 12.4 Å². The van der Waals surface area contributed by atoms with Gasteiger partial charge in [0.25, 0.3) is 0 Å². The Hall–Kier alpha value is -2.34. The molecule has 1 N–H and O–H groups in total. The summed E-state index contributed by atoms with van der Waals surface area (Å²) in [5.74, 6) is 0.135. The zero-order valence-electron chi connectivity index (χ0n) is 11.5. The van der Waals surface area contributed by atoms with Gasteiger partial charge in [0.15, 0.2) is 0 Å². The van der Waals surface area contributed by atoms with Crippen LogP contribution < -0.4 is 5.32 Å². The number of fused-ring (bicyclic) bond motifs is 1. The Kier molecular flexibility index (Phi) is 3.39. The summed E-state index contributed by atoms with van der Waals surface area (Å²) in [5.41, 5.74) is 1.91. The Labute approximate surface area is 126 Å². The summed E-state index contributed by atoms with van der Waals surface area (Å²) >= 11 is 6.30. The van der Waals surface area contributed by atoms with Gasteiger partial charge < -0.3 is 10.1 Å². The molecule has 7 heteroatoms. The molecule has 0 bridgehead atoms. The lowest BCUT2D eigenvalue weighted by atomic mass is 9.96. The van der Waals surface area contributed by atoms with Gasteiger partial charge >= 0.3 is 5.97 Å². The Balaban J connectivity index is 2.23. The van der Waals surface area contributed by atoms with Crippen LogP contribution in [0.25, 0.3) is 0 Å². The lowest BCUT2D eigenvalue weighted by Gasteiger charge is -2.28. The summed E-state index contributed by atoms with van der Waals surface area (Å²) in [4.78, 5) is 16.3. The molecule has 0 saturated carbocycles. The van der Waals surface area contributed by atoms with E-state index in [-0.39, 0.29) is 0 Å². The molecule has 1 aliphatic rings. The summed E-state index contributed by atoms with van der Waals surface area (Å²) in [5, 5.41) is 7.80. The molecule has 6 nitrogen and oxygen atoms in total. The second-order valence-electron chi connectivity index (χ2n) is 4.61. The molecule has 1 aromatic carbocycles. The van der Waals surface area contributed by atoms with E-state index in [1.807, 2.05) is 18.2 Å². The van der Waals surface area contributed by atoms with Gasteiger partial charge in [-0.2, -0.15) is 10.1 Å². The van der Waals surface area contributed by atoms with E-state index in [0.717, 1.165) is 5.56 Å². The largest absolute Gasteiger partial charge is 0.466 e. The topological polar surface area (TPSA) is 69.0 Å². The van der Waals surface area contributed by atoms with Crippen LogP contribution in [0.15, 0.2) is 41.9 Å². The molecule has 1 atom stereocenters. The number of esters is 1. The fourth-order valence-corrected chi connectivity index (χ4v) is 2.69. The Bertz CT molecular complexity index is 738. The zero-order valence-corrected chi connectivity index (χ0v) is 12.3. The molecule has 21 heavy (non-hydrogen) atoms. The van der Waals surface area contributed by atoms with E-state index in [4.69, 9.17) is 16.3 Å². The second-order valence-corrected chi connectivity index (χ2v) is 5.01. The van der Waals surface area contributed by atoms with Crippen molar-refractivity contribution in [3.05, 3.63) is 52.4 Å². The fourth-order valence-electron chi connectivity index (χ4n) is 2.45. The minimum absolute atomic E-state index is 0.425. The van der Waals surface area contributed by atoms with Crippen LogP contribution >= 0.6 is 11.6 Å². The number of nitrogens with one attached hydrogen (secondary N) is 1. The lowest BCUT2D eigenvalue weighted by Crippen LogP contribution is -2.29. The van der Waals surface area contributed by atoms with E-state index in [9.17, 15) is 4.79 Å². The second kappa shape index (κ2) is 5.21. The van der Waals surface area contributed by atoms with Gasteiger partial charge in [-0.1, -0.05) is 29.8 Å². The standard InChI is InChI=1S/C14H13ClN4O2/c1-8-11(13(20)21-2)12(9-5-3-4-6-10(9)15)19-14(18-8)16-7-17-19/h3-7,12H,1-2H3,(H,16,17,18). The van der Waals surface area contributed by atoms with Crippen LogP contribution in [0.3, 0.4) is 0 Å². The average molecular weight is 305 g/mol. The van der Waals surface area contributed by atoms with Crippen molar-refractivity contribution in [1.82, 2.24) is 14.8 Å². The highest BCUT2D eigenvalue weighted by molar-refractivity contribution is 6.31. The molecule has 2 aromatic rings. The average Bonchev–Trinajstić information content (AvgIpc) is 2.93. The third-order valence-electron chi connectivity index (χ3n) is 3.40. The third kappa shape index (κ3) is 2.17. The van der Waals surface area contributed by atoms with E-state index in [1.54, 1.807) is 17.7 Å². The maximum atomic E-state index is 12.2. The molecule has 0 aliphatic carbocycles. The van der Waals surface area contributed by atoms with Crippen molar-refractivity contribution in [2.24, 2.45) is 0 Å². The fraction of sp³-hybridized carbons (Fsp3) is 0.214. The summed E-state index contributed by atoms with van der Waals surface area (Å²) in [6.45, 7) is 1.80. The number of hydrogen-bond donors (Lipinski definition) is 1. The highest BCUT2D eigenvalue weighted by atomic mass is 35.5. The van der Waals surface area contributed by atoms with Crippen LogP contribution in [0.4, 0.5) is 5.95 Å². The molecule has 0 fully saturated rings. The van der Waals surface area contributed by atoms with E-state index in [0.29, 0.717) is 22.2 Å².